The quantitative estimate of drug-likeness (QED) is 0.678. The van der Waals surface area contributed by atoms with E-state index >= 15 is 0 Å². The molecule has 2 N–H and O–H groups in total. The Bertz CT molecular complexity index is 317. The fourth-order valence-electron chi connectivity index (χ4n) is 1.25. The summed E-state index contributed by atoms with van der Waals surface area (Å²) in [6.07, 6.45) is 2.83. The number of nitrogens with one attached hydrogen (secondary N) is 2. The third kappa shape index (κ3) is 6.06. The molecule has 0 aliphatic carbocycles. The molecule has 0 aliphatic rings. The van der Waals surface area contributed by atoms with Gasteiger partial charge in [0.1, 0.15) is 5.82 Å². The summed E-state index contributed by atoms with van der Waals surface area (Å²) in [4.78, 5) is 8.29. The lowest BCUT2D eigenvalue weighted by Gasteiger charge is -2.08. The molecule has 5 heteroatoms. The second-order valence-electron chi connectivity index (χ2n) is 4.24. The van der Waals surface area contributed by atoms with Crippen LogP contribution in [0.2, 0.25) is 0 Å². The van der Waals surface area contributed by atoms with Crippen LogP contribution in [0.5, 0.6) is 0 Å². The average Bonchev–Trinajstić information content (AvgIpc) is 2.33. The van der Waals surface area contributed by atoms with Crippen LogP contribution in [0.25, 0.3) is 0 Å². The van der Waals surface area contributed by atoms with E-state index < -0.39 is 0 Å². The van der Waals surface area contributed by atoms with Crippen molar-refractivity contribution in [1.29, 1.82) is 0 Å². The SMILES string of the molecule is CNc1nccc(NCCOCCC(C)C)n1. The number of anilines is 2. The number of hydrogen-bond acceptors (Lipinski definition) is 5. The predicted octanol–water partition coefficient (Wildman–Crippen LogP) is 1.99. The zero-order chi connectivity index (χ0) is 12.5. The van der Waals surface area contributed by atoms with Crippen LogP contribution in [0.3, 0.4) is 0 Å². The first-order valence-electron chi connectivity index (χ1n) is 6.04. The summed E-state index contributed by atoms with van der Waals surface area (Å²) in [7, 11) is 1.80. The van der Waals surface area contributed by atoms with Gasteiger partial charge in [0.05, 0.1) is 6.61 Å². The molecule has 0 amide bonds. The number of ether oxygens (including phenoxy) is 1. The highest BCUT2D eigenvalue weighted by Gasteiger charge is 1.97. The number of rotatable bonds is 8. The van der Waals surface area contributed by atoms with Crippen molar-refractivity contribution in [2.75, 3.05) is 37.4 Å². The molecule has 0 aliphatic heterocycles. The van der Waals surface area contributed by atoms with Crippen LogP contribution < -0.4 is 10.6 Å². The van der Waals surface area contributed by atoms with Gasteiger partial charge in [0.25, 0.3) is 0 Å². The second-order valence-corrected chi connectivity index (χ2v) is 4.24. The summed E-state index contributed by atoms with van der Waals surface area (Å²) in [6, 6.07) is 1.84. The van der Waals surface area contributed by atoms with Gasteiger partial charge < -0.3 is 15.4 Å². The molecule has 0 atom stereocenters. The monoisotopic (exact) mass is 238 g/mol. The minimum atomic E-state index is 0.621. The molecule has 0 bridgehead atoms. The summed E-state index contributed by atoms with van der Waals surface area (Å²) < 4.78 is 5.50. The normalized spacial score (nSPS) is 10.6. The van der Waals surface area contributed by atoms with Gasteiger partial charge in [0, 0.05) is 26.4 Å². The standard InChI is InChI=1S/C12H22N4O/c1-10(2)5-8-17-9-7-14-11-4-6-15-12(13-3)16-11/h4,6,10H,5,7-9H2,1-3H3,(H2,13,14,15,16). The largest absolute Gasteiger partial charge is 0.380 e. The van der Waals surface area contributed by atoms with Gasteiger partial charge in [-0.3, -0.25) is 0 Å². The summed E-state index contributed by atoms with van der Waals surface area (Å²) in [5.41, 5.74) is 0. The number of aromatic nitrogens is 2. The number of nitrogens with zero attached hydrogens (tertiary/aromatic N) is 2. The summed E-state index contributed by atoms with van der Waals surface area (Å²) in [5.74, 6) is 2.13. The Labute approximate surface area is 103 Å². The summed E-state index contributed by atoms with van der Waals surface area (Å²) in [5, 5.41) is 6.09. The van der Waals surface area contributed by atoms with Crippen LogP contribution in [0.15, 0.2) is 12.3 Å². The third-order valence-electron chi connectivity index (χ3n) is 2.27. The van der Waals surface area contributed by atoms with Crippen molar-refractivity contribution in [3.63, 3.8) is 0 Å². The molecule has 0 unspecified atom stereocenters. The molecule has 1 rings (SSSR count). The van der Waals surface area contributed by atoms with Crippen molar-refractivity contribution in [1.82, 2.24) is 9.97 Å². The molecule has 0 saturated carbocycles. The maximum atomic E-state index is 5.50. The van der Waals surface area contributed by atoms with Gasteiger partial charge in [0.2, 0.25) is 5.95 Å². The Balaban J connectivity index is 2.13. The third-order valence-corrected chi connectivity index (χ3v) is 2.27. The van der Waals surface area contributed by atoms with Crippen LogP contribution in [-0.4, -0.2) is 36.8 Å². The van der Waals surface area contributed by atoms with E-state index in [1.807, 2.05) is 6.07 Å². The van der Waals surface area contributed by atoms with E-state index in [0.717, 1.165) is 25.4 Å². The zero-order valence-corrected chi connectivity index (χ0v) is 10.9. The van der Waals surface area contributed by atoms with Crippen LogP contribution >= 0.6 is 0 Å². The van der Waals surface area contributed by atoms with E-state index in [2.05, 4.69) is 34.4 Å². The molecule has 5 nitrogen and oxygen atoms in total. The Hall–Kier alpha value is -1.36. The fraction of sp³-hybridized carbons (Fsp3) is 0.667. The van der Waals surface area contributed by atoms with E-state index in [0.29, 0.717) is 18.5 Å². The molecule has 17 heavy (non-hydrogen) atoms. The molecule has 0 fully saturated rings. The Morgan fingerprint density at radius 1 is 1.35 bits per heavy atom. The maximum absolute atomic E-state index is 5.50. The fourth-order valence-corrected chi connectivity index (χ4v) is 1.25. The highest BCUT2D eigenvalue weighted by molar-refractivity contribution is 5.38. The van der Waals surface area contributed by atoms with E-state index in [4.69, 9.17) is 4.74 Å². The van der Waals surface area contributed by atoms with Gasteiger partial charge in [0.15, 0.2) is 0 Å². The van der Waals surface area contributed by atoms with E-state index in [-0.39, 0.29) is 0 Å². The summed E-state index contributed by atoms with van der Waals surface area (Å²) in [6.45, 7) is 6.68. The van der Waals surface area contributed by atoms with Gasteiger partial charge in [-0.25, -0.2) is 4.98 Å². The van der Waals surface area contributed by atoms with Crippen molar-refractivity contribution in [3.8, 4) is 0 Å². The van der Waals surface area contributed by atoms with Crippen molar-refractivity contribution in [2.45, 2.75) is 20.3 Å². The average molecular weight is 238 g/mol. The topological polar surface area (TPSA) is 59.1 Å². The minimum Gasteiger partial charge on any atom is -0.380 e. The van der Waals surface area contributed by atoms with Crippen molar-refractivity contribution >= 4 is 11.8 Å². The van der Waals surface area contributed by atoms with Gasteiger partial charge in [-0.05, 0) is 18.4 Å². The molecule has 0 spiro atoms. The molecular formula is C12H22N4O. The second kappa shape index (κ2) is 7.84. The van der Waals surface area contributed by atoms with Crippen LogP contribution in [0.4, 0.5) is 11.8 Å². The first kappa shape index (κ1) is 13.7. The van der Waals surface area contributed by atoms with E-state index in [9.17, 15) is 0 Å². The Morgan fingerprint density at radius 2 is 2.18 bits per heavy atom. The Kier molecular flexibility index (Phi) is 6.32. The maximum Gasteiger partial charge on any atom is 0.224 e. The Morgan fingerprint density at radius 3 is 2.88 bits per heavy atom. The van der Waals surface area contributed by atoms with E-state index in [1.54, 1.807) is 13.2 Å². The molecule has 0 saturated heterocycles. The molecule has 1 heterocycles. The van der Waals surface area contributed by atoms with Gasteiger partial charge in [-0.2, -0.15) is 4.98 Å². The highest BCUT2D eigenvalue weighted by atomic mass is 16.5. The van der Waals surface area contributed by atoms with Crippen molar-refractivity contribution in [3.05, 3.63) is 12.3 Å². The predicted molar refractivity (Wildman–Crippen MR) is 70.3 cm³/mol. The van der Waals surface area contributed by atoms with Crippen LogP contribution in [-0.2, 0) is 4.74 Å². The zero-order valence-electron chi connectivity index (χ0n) is 10.9. The smallest absolute Gasteiger partial charge is 0.224 e. The van der Waals surface area contributed by atoms with Crippen LogP contribution in [0.1, 0.15) is 20.3 Å². The lowest BCUT2D eigenvalue weighted by Crippen LogP contribution is -2.12. The molecule has 1 aromatic heterocycles. The summed E-state index contributed by atoms with van der Waals surface area (Å²) >= 11 is 0. The van der Waals surface area contributed by atoms with Gasteiger partial charge >= 0.3 is 0 Å². The molecule has 0 radical (unpaired) electrons. The van der Waals surface area contributed by atoms with Crippen molar-refractivity contribution in [2.24, 2.45) is 5.92 Å². The first-order chi connectivity index (χ1) is 8.22. The van der Waals surface area contributed by atoms with E-state index in [1.165, 1.54) is 0 Å². The molecule has 0 aromatic carbocycles. The highest BCUT2D eigenvalue weighted by Crippen LogP contribution is 2.04. The molecule has 1 aromatic rings. The van der Waals surface area contributed by atoms with Crippen molar-refractivity contribution < 1.29 is 4.74 Å². The number of hydrogen-bond donors (Lipinski definition) is 2. The van der Waals surface area contributed by atoms with Gasteiger partial charge in [-0.1, -0.05) is 13.8 Å². The minimum absolute atomic E-state index is 0.621. The lowest BCUT2D eigenvalue weighted by atomic mass is 10.1. The van der Waals surface area contributed by atoms with Crippen LogP contribution in [0, 0.1) is 5.92 Å². The molecular weight excluding hydrogens is 216 g/mol. The van der Waals surface area contributed by atoms with Gasteiger partial charge in [-0.15, -0.1) is 0 Å². The lowest BCUT2D eigenvalue weighted by molar-refractivity contribution is 0.132. The molecule has 96 valence electrons. The first-order valence-corrected chi connectivity index (χ1v) is 6.04.